The number of carbonyl (C=O) groups is 1. The highest BCUT2D eigenvalue weighted by molar-refractivity contribution is 5.84. The summed E-state index contributed by atoms with van der Waals surface area (Å²) in [7, 11) is 0. The van der Waals surface area contributed by atoms with Gasteiger partial charge >= 0.3 is 6.18 Å². The van der Waals surface area contributed by atoms with Gasteiger partial charge in [0.1, 0.15) is 18.4 Å². The Balaban J connectivity index is 2.31. The Bertz CT molecular complexity index is 688. The molecule has 0 bridgehead atoms. The quantitative estimate of drug-likeness (QED) is 0.751. The van der Waals surface area contributed by atoms with Gasteiger partial charge in [-0.3, -0.25) is 4.79 Å². The zero-order valence-corrected chi connectivity index (χ0v) is 12.2. The number of halogens is 5. The molecule has 0 N–H and O–H groups in total. The van der Waals surface area contributed by atoms with Crippen molar-refractivity contribution >= 4 is 5.78 Å². The van der Waals surface area contributed by atoms with Crippen LogP contribution < -0.4 is 4.74 Å². The fourth-order valence-corrected chi connectivity index (χ4v) is 1.80. The average molecular weight is 349 g/mol. The summed E-state index contributed by atoms with van der Waals surface area (Å²) in [4.78, 5) is 15.7. The monoisotopic (exact) mass is 349 g/mol. The van der Waals surface area contributed by atoms with Crippen LogP contribution in [0.3, 0.4) is 0 Å². The Hall–Kier alpha value is -2.52. The zero-order chi connectivity index (χ0) is 17.9. The third-order valence-corrected chi connectivity index (χ3v) is 3.16. The fourth-order valence-electron chi connectivity index (χ4n) is 1.80. The van der Waals surface area contributed by atoms with Crippen LogP contribution >= 0.6 is 0 Å². The van der Waals surface area contributed by atoms with Crippen molar-refractivity contribution in [3.8, 4) is 5.75 Å². The molecule has 1 aromatic carbocycles. The number of alkyl halides is 5. The van der Waals surface area contributed by atoms with Crippen LogP contribution in [-0.2, 0) is 11.0 Å². The molecule has 0 radical (unpaired) electrons. The van der Waals surface area contributed by atoms with Crippen LogP contribution in [0, 0.1) is 5.92 Å². The second-order valence-electron chi connectivity index (χ2n) is 4.90. The van der Waals surface area contributed by atoms with Crippen molar-refractivity contribution in [3.63, 3.8) is 0 Å². The van der Waals surface area contributed by atoms with E-state index in [-0.39, 0.29) is 5.75 Å². The predicted octanol–water partition coefficient (Wildman–Crippen LogP) is 3.34. The van der Waals surface area contributed by atoms with Crippen LogP contribution in [0.25, 0.3) is 0 Å². The smallest absolute Gasteiger partial charge is 0.416 e. The third kappa shape index (κ3) is 4.06. The lowest BCUT2D eigenvalue weighted by Gasteiger charge is -2.21. The lowest BCUT2D eigenvalue weighted by Crippen LogP contribution is -2.33. The minimum Gasteiger partial charge on any atom is -0.461 e. The van der Waals surface area contributed by atoms with Gasteiger partial charge < -0.3 is 4.74 Å². The number of nitrogens with zero attached hydrogens (tertiary/aromatic N) is 3. The number of rotatable bonds is 6. The maximum Gasteiger partial charge on any atom is 0.416 e. The van der Waals surface area contributed by atoms with E-state index in [2.05, 4.69) is 10.1 Å². The summed E-state index contributed by atoms with van der Waals surface area (Å²) >= 11 is 0. The number of ether oxygens (including phenoxy) is 1. The van der Waals surface area contributed by atoms with Crippen LogP contribution in [-0.4, -0.2) is 27.0 Å². The highest BCUT2D eigenvalue weighted by Crippen LogP contribution is 2.32. The van der Waals surface area contributed by atoms with Crippen molar-refractivity contribution in [2.45, 2.75) is 25.8 Å². The molecule has 0 aliphatic rings. The molecule has 130 valence electrons. The van der Waals surface area contributed by atoms with Crippen molar-refractivity contribution < 1.29 is 31.5 Å². The Labute approximate surface area is 133 Å². The molecule has 1 aromatic heterocycles. The maximum absolute atomic E-state index is 12.8. The first-order chi connectivity index (χ1) is 11.2. The number of ketones is 1. The van der Waals surface area contributed by atoms with Gasteiger partial charge in [0, 0.05) is 0 Å². The molecular weight excluding hydrogens is 337 g/mol. The summed E-state index contributed by atoms with van der Waals surface area (Å²) in [5, 5.41) is 3.64. The Morgan fingerprint density at radius 3 is 2.54 bits per heavy atom. The number of Topliss-reactive ketones (excluding diaryl/α,β-unsaturated/α-hetero) is 1. The normalized spacial score (nSPS) is 14.5. The average Bonchev–Trinajstić information content (AvgIpc) is 3.04. The van der Waals surface area contributed by atoms with Crippen molar-refractivity contribution in [1.29, 1.82) is 0 Å². The highest BCUT2D eigenvalue weighted by atomic mass is 19.4. The van der Waals surface area contributed by atoms with Crippen LogP contribution in [0.2, 0.25) is 0 Å². The van der Waals surface area contributed by atoms with Crippen LogP contribution in [0.5, 0.6) is 5.75 Å². The summed E-state index contributed by atoms with van der Waals surface area (Å²) in [6.45, 7) is 0.992. The van der Waals surface area contributed by atoms with Gasteiger partial charge in [-0.25, -0.2) is 18.4 Å². The Morgan fingerprint density at radius 1 is 1.29 bits per heavy atom. The van der Waals surface area contributed by atoms with Gasteiger partial charge in [0.05, 0.1) is 11.5 Å². The molecular formula is C14H12F5N3O2. The second-order valence-corrected chi connectivity index (χ2v) is 4.90. The standard InChI is InChI=1S/C14H12F5N3O2/c1-8(12(15)16)11(23)13(22-7-20-6-21-22)24-10-4-2-3-9(5-10)14(17,18)19/h2-8,12-13H,1H3. The van der Waals surface area contributed by atoms with E-state index in [0.29, 0.717) is 6.07 Å². The molecule has 0 aliphatic heterocycles. The van der Waals surface area contributed by atoms with Gasteiger partial charge in [-0.15, -0.1) is 0 Å². The molecule has 0 saturated heterocycles. The topological polar surface area (TPSA) is 57.0 Å². The van der Waals surface area contributed by atoms with Crippen LogP contribution in [0.15, 0.2) is 36.9 Å². The molecule has 2 rings (SSSR count). The Morgan fingerprint density at radius 2 is 2.00 bits per heavy atom. The molecule has 0 fully saturated rings. The minimum atomic E-state index is -4.61. The Kier molecular flexibility index (Phi) is 5.15. The number of benzene rings is 1. The van der Waals surface area contributed by atoms with E-state index < -0.39 is 36.1 Å². The SMILES string of the molecule is CC(C(=O)C(Oc1cccc(C(F)(F)F)c1)n1cncn1)C(F)F. The van der Waals surface area contributed by atoms with Gasteiger partial charge in [-0.2, -0.15) is 18.3 Å². The molecule has 10 heteroatoms. The zero-order valence-electron chi connectivity index (χ0n) is 12.2. The number of aromatic nitrogens is 3. The van der Waals surface area contributed by atoms with E-state index in [9.17, 15) is 26.7 Å². The number of hydrogen-bond donors (Lipinski definition) is 0. The fraction of sp³-hybridized carbons (Fsp3) is 0.357. The molecule has 1 heterocycles. The van der Waals surface area contributed by atoms with Crippen LogP contribution in [0.4, 0.5) is 22.0 Å². The van der Waals surface area contributed by atoms with Gasteiger partial charge in [0.2, 0.25) is 12.2 Å². The van der Waals surface area contributed by atoms with Crippen molar-refractivity contribution in [2.75, 3.05) is 0 Å². The molecule has 2 aromatic rings. The van der Waals surface area contributed by atoms with E-state index in [4.69, 9.17) is 4.74 Å². The first-order valence-electron chi connectivity index (χ1n) is 6.70. The predicted molar refractivity (Wildman–Crippen MR) is 71.3 cm³/mol. The maximum atomic E-state index is 12.8. The van der Waals surface area contributed by atoms with E-state index in [1.165, 1.54) is 6.07 Å². The van der Waals surface area contributed by atoms with Crippen molar-refractivity contribution in [3.05, 3.63) is 42.5 Å². The highest BCUT2D eigenvalue weighted by Gasteiger charge is 2.34. The molecule has 2 atom stereocenters. The largest absolute Gasteiger partial charge is 0.461 e. The van der Waals surface area contributed by atoms with Crippen LogP contribution in [0.1, 0.15) is 18.7 Å². The molecule has 5 nitrogen and oxygen atoms in total. The lowest BCUT2D eigenvalue weighted by atomic mass is 10.1. The summed E-state index contributed by atoms with van der Waals surface area (Å²) < 4.78 is 69.8. The summed E-state index contributed by atoms with van der Waals surface area (Å²) in [5.74, 6) is -3.03. The number of hydrogen-bond acceptors (Lipinski definition) is 4. The molecule has 0 aliphatic carbocycles. The minimum absolute atomic E-state index is 0.305. The summed E-state index contributed by atoms with van der Waals surface area (Å²) in [6, 6.07) is 3.75. The van der Waals surface area contributed by atoms with Gasteiger partial charge in [-0.1, -0.05) is 6.07 Å². The van der Waals surface area contributed by atoms with E-state index in [1.807, 2.05) is 0 Å². The van der Waals surface area contributed by atoms with Gasteiger partial charge in [0.15, 0.2) is 0 Å². The molecule has 0 spiro atoms. The summed E-state index contributed by atoms with van der Waals surface area (Å²) in [5.41, 5.74) is -0.994. The molecule has 2 unspecified atom stereocenters. The third-order valence-electron chi connectivity index (χ3n) is 3.16. The summed E-state index contributed by atoms with van der Waals surface area (Å²) in [6.07, 6.45) is -7.12. The number of carbonyl (C=O) groups excluding carboxylic acids is 1. The molecule has 0 amide bonds. The van der Waals surface area contributed by atoms with E-state index in [0.717, 1.165) is 36.4 Å². The van der Waals surface area contributed by atoms with Gasteiger partial charge in [0.25, 0.3) is 6.23 Å². The molecule has 0 saturated carbocycles. The molecule has 24 heavy (non-hydrogen) atoms. The second kappa shape index (κ2) is 6.93. The van der Waals surface area contributed by atoms with E-state index in [1.54, 1.807) is 0 Å². The van der Waals surface area contributed by atoms with Gasteiger partial charge in [-0.05, 0) is 25.1 Å². The lowest BCUT2D eigenvalue weighted by molar-refractivity contribution is -0.138. The van der Waals surface area contributed by atoms with Crippen molar-refractivity contribution in [1.82, 2.24) is 14.8 Å². The van der Waals surface area contributed by atoms with E-state index >= 15 is 0 Å². The first kappa shape index (κ1) is 17.8. The van der Waals surface area contributed by atoms with Crippen molar-refractivity contribution in [2.24, 2.45) is 5.92 Å². The first-order valence-corrected chi connectivity index (χ1v) is 6.70.